The quantitative estimate of drug-likeness (QED) is 0.171. The summed E-state index contributed by atoms with van der Waals surface area (Å²) in [5, 5.41) is 22.5. The number of carbonyl (C=O) groups excluding carboxylic acids is 1. The van der Waals surface area contributed by atoms with Gasteiger partial charge in [-0.1, -0.05) is 83.1 Å². The lowest BCUT2D eigenvalue weighted by Crippen LogP contribution is -2.61. The fraction of sp³-hybridized carbons (Fsp3) is 0.903. The zero-order valence-corrected chi connectivity index (χ0v) is 30.3. The van der Waals surface area contributed by atoms with Crippen molar-refractivity contribution in [3.63, 3.8) is 0 Å². The van der Waals surface area contributed by atoms with Crippen LogP contribution in [0.4, 0.5) is 4.79 Å². The molecule has 0 aromatic carbocycles. The van der Waals surface area contributed by atoms with E-state index < -0.39 is 71.8 Å². The fourth-order valence-corrected chi connectivity index (χ4v) is 19.1. The molecule has 0 unspecified atom stereocenters. The van der Waals surface area contributed by atoms with Crippen molar-refractivity contribution in [3.05, 3.63) is 12.3 Å². The van der Waals surface area contributed by atoms with Crippen LogP contribution in [0.15, 0.2) is 12.3 Å². The van der Waals surface area contributed by atoms with Crippen LogP contribution in [0.5, 0.6) is 0 Å². The Hall–Kier alpha value is -0.996. The molecule has 250 valence electrons. The first-order valence-corrected chi connectivity index (χ1v) is 20.4. The number of rotatable bonds is 14. The molecule has 2 saturated heterocycles. The highest BCUT2D eigenvalue weighted by Crippen LogP contribution is 2.44. The van der Waals surface area contributed by atoms with E-state index in [1.54, 1.807) is 6.08 Å². The summed E-state index contributed by atoms with van der Waals surface area (Å²) < 4.78 is 42.5. The normalized spacial score (nSPS) is 31.8. The first-order chi connectivity index (χ1) is 20.0. The van der Waals surface area contributed by atoms with Crippen molar-refractivity contribution in [1.29, 1.82) is 0 Å². The number of aliphatic hydroxyl groups excluding tert-OH is 2. The predicted octanol–water partition coefficient (Wildman–Crippen LogP) is 6.02. The molecule has 0 aliphatic carbocycles. The Labute approximate surface area is 261 Å². The molecule has 0 saturated carbocycles. The van der Waals surface area contributed by atoms with Crippen molar-refractivity contribution < 1.29 is 47.5 Å². The molecule has 10 nitrogen and oxygen atoms in total. The Morgan fingerprint density at radius 3 is 1.60 bits per heavy atom. The van der Waals surface area contributed by atoms with Gasteiger partial charge in [0.2, 0.25) is 8.32 Å². The van der Waals surface area contributed by atoms with E-state index in [1.165, 1.54) is 6.26 Å². The molecule has 3 heterocycles. The average molecular weight is 647 g/mol. The molecular formula is C31H58O10Si2. The van der Waals surface area contributed by atoms with Crippen LogP contribution in [-0.2, 0) is 32.5 Å². The lowest BCUT2D eigenvalue weighted by Gasteiger charge is -2.45. The van der Waals surface area contributed by atoms with Crippen LogP contribution in [-0.4, -0.2) is 95.2 Å². The van der Waals surface area contributed by atoms with Crippen molar-refractivity contribution >= 4 is 22.8 Å². The van der Waals surface area contributed by atoms with Gasteiger partial charge in [0.05, 0.1) is 19.5 Å². The highest BCUT2D eigenvalue weighted by Gasteiger charge is 2.56. The van der Waals surface area contributed by atoms with Crippen molar-refractivity contribution in [3.8, 4) is 0 Å². The van der Waals surface area contributed by atoms with Gasteiger partial charge in [0.25, 0.3) is 0 Å². The minimum atomic E-state index is -2.27. The summed E-state index contributed by atoms with van der Waals surface area (Å²) in [5.41, 5.74) is 2.18. The van der Waals surface area contributed by atoms with Gasteiger partial charge in [-0.05, 0) is 39.3 Å². The maximum Gasteiger partial charge on any atom is 0.509 e. The second-order valence-electron chi connectivity index (χ2n) is 14.3. The van der Waals surface area contributed by atoms with E-state index in [0.29, 0.717) is 33.2 Å². The van der Waals surface area contributed by atoms with E-state index in [4.69, 9.17) is 32.5 Å². The molecule has 3 rings (SSSR count). The summed E-state index contributed by atoms with van der Waals surface area (Å²) in [6, 6.07) is 0. The molecule has 2 N–H and O–H groups in total. The molecule has 8 atom stereocenters. The largest absolute Gasteiger partial charge is 0.509 e. The van der Waals surface area contributed by atoms with Crippen molar-refractivity contribution in [1.82, 2.24) is 0 Å². The van der Waals surface area contributed by atoms with Gasteiger partial charge in [0.1, 0.15) is 30.5 Å². The van der Waals surface area contributed by atoms with Crippen LogP contribution in [0.3, 0.4) is 0 Å². The number of hydrogen-bond acceptors (Lipinski definition) is 10. The summed E-state index contributed by atoms with van der Waals surface area (Å²) in [6.45, 7) is 26.8. The van der Waals surface area contributed by atoms with Gasteiger partial charge in [-0.25, -0.2) is 4.79 Å². The van der Waals surface area contributed by atoms with Gasteiger partial charge >= 0.3 is 6.16 Å². The first-order valence-electron chi connectivity index (χ1n) is 16.1. The van der Waals surface area contributed by atoms with Crippen LogP contribution in [0.2, 0.25) is 33.2 Å². The van der Waals surface area contributed by atoms with E-state index >= 15 is 0 Å². The highest BCUT2D eigenvalue weighted by molar-refractivity contribution is 6.78. The van der Waals surface area contributed by atoms with E-state index in [2.05, 4.69) is 83.1 Å². The Morgan fingerprint density at radius 2 is 1.14 bits per heavy atom. The third kappa shape index (κ3) is 7.21. The Morgan fingerprint density at radius 1 is 0.698 bits per heavy atom. The highest BCUT2D eigenvalue weighted by atomic mass is 28.4. The van der Waals surface area contributed by atoms with Gasteiger partial charge in [-0.2, -0.15) is 0 Å². The maximum atomic E-state index is 12.2. The monoisotopic (exact) mass is 646 g/mol. The number of ether oxygens (including phenoxy) is 5. The molecule has 0 amide bonds. The summed E-state index contributed by atoms with van der Waals surface area (Å²) in [5.74, 6) is 0. The molecular weight excluding hydrogens is 589 g/mol. The van der Waals surface area contributed by atoms with E-state index in [-0.39, 0.29) is 13.2 Å². The predicted molar refractivity (Wildman–Crippen MR) is 169 cm³/mol. The fourth-order valence-electron chi connectivity index (χ4n) is 8.17. The van der Waals surface area contributed by atoms with E-state index in [0.717, 1.165) is 0 Å². The van der Waals surface area contributed by atoms with Crippen molar-refractivity contribution in [2.45, 2.75) is 165 Å². The second kappa shape index (κ2) is 14.6. The smallest absolute Gasteiger partial charge is 0.493 e. The SMILES string of the molecule is CC(C)[Si](OC[C@H]1OC=C[C@@H](O[C@H]2O[C@H](CO[Si](C(C)C)(C(C)C)C(C)C)[C@@H]3OC(=O)O[C@@H]3[C@H]2O)[C@H]1O)(C(C)C)C(C)C. The summed E-state index contributed by atoms with van der Waals surface area (Å²) in [4.78, 5) is 12.2. The van der Waals surface area contributed by atoms with Crippen LogP contribution < -0.4 is 0 Å². The third-order valence-corrected chi connectivity index (χ3v) is 22.2. The van der Waals surface area contributed by atoms with Crippen LogP contribution in [0, 0.1) is 0 Å². The van der Waals surface area contributed by atoms with Crippen molar-refractivity contribution in [2.24, 2.45) is 0 Å². The Balaban J connectivity index is 1.76. The Kier molecular flexibility index (Phi) is 12.4. The molecule has 0 spiro atoms. The van der Waals surface area contributed by atoms with E-state index in [9.17, 15) is 15.0 Å². The lowest BCUT2D eigenvalue weighted by molar-refractivity contribution is -0.299. The van der Waals surface area contributed by atoms with Gasteiger partial charge in [-0.15, -0.1) is 0 Å². The maximum absolute atomic E-state index is 12.2. The minimum absolute atomic E-state index is 0.167. The molecule has 12 heteroatoms. The van der Waals surface area contributed by atoms with Crippen molar-refractivity contribution in [2.75, 3.05) is 13.2 Å². The average Bonchev–Trinajstić information content (AvgIpc) is 3.29. The second-order valence-corrected chi connectivity index (χ2v) is 25.2. The number of fused-ring (bicyclic) bond motifs is 1. The van der Waals surface area contributed by atoms with E-state index in [1.807, 2.05) is 0 Å². The van der Waals surface area contributed by atoms with Gasteiger partial charge < -0.3 is 42.7 Å². The Bertz CT molecular complexity index is 896. The molecule has 2 fully saturated rings. The molecule has 43 heavy (non-hydrogen) atoms. The summed E-state index contributed by atoms with van der Waals surface area (Å²) in [7, 11) is -4.46. The van der Waals surface area contributed by atoms with Gasteiger partial charge in [-0.3, -0.25) is 0 Å². The molecule has 0 bridgehead atoms. The summed E-state index contributed by atoms with van der Waals surface area (Å²) >= 11 is 0. The standard InChI is InChI=1S/C31H58O10Si2/c1-17(2)42(18(3)4,19(5)6)36-15-24-26(32)23(13-14-35-24)38-30-27(33)29-28(40-31(34)41-29)25(39-30)16-37-43(20(7)8,21(9)10)22(11)12/h13-14,17-30,32-33H,15-16H2,1-12H3/t23-,24-,25-,26-,27-,28+,29-,30+/m1/s1. The van der Waals surface area contributed by atoms with Gasteiger partial charge in [0.15, 0.2) is 26.8 Å². The molecule has 0 radical (unpaired) electrons. The zero-order valence-electron chi connectivity index (χ0n) is 28.3. The van der Waals surface area contributed by atoms with Crippen LogP contribution in [0.1, 0.15) is 83.1 Å². The minimum Gasteiger partial charge on any atom is -0.493 e. The number of aliphatic hydroxyl groups is 2. The third-order valence-electron chi connectivity index (χ3n) is 10.0. The summed E-state index contributed by atoms with van der Waals surface area (Å²) in [6.07, 6.45) is -5.40. The lowest BCUT2D eigenvalue weighted by atomic mass is 9.99. The van der Waals surface area contributed by atoms with Gasteiger partial charge in [0, 0.05) is 0 Å². The first kappa shape index (κ1) is 36.5. The molecule has 3 aliphatic heterocycles. The topological polar surface area (TPSA) is 122 Å². The molecule has 3 aliphatic rings. The molecule has 0 aromatic rings. The zero-order chi connectivity index (χ0) is 32.4. The molecule has 0 aromatic heterocycles. The van der Waals surface area contributed by atoms with Crippen LogP contribution in [0.25, 0.3) is 0 Å². The number of hydrogen-bond donors (Lipinski definition) is 2. The number of carbonyl (C=O) groups is 1. The van der Waals surface area contributed by atoms with Crippen LogP contribution >= 0.6 is 0 Å².